The highest BCUT2D eigenvalue weighted by atomic mass is 32.2. The fourth-order valence-corrected chi connectivity index (χ4v) is 4.78. The van der Waals surface area contributed by atoms with Gasteiger partial charge in [0.05, 0.1) is 11.5 Å². The molecule has 1 N–H and O–H groups in total. The van der Waals surface area contributed by atoms with Crippen LogP contribution >= 0.6 is 0 Å². The number of ether oxygens (including phenoxy) is 4. The van der Waals surface area contributed by atoms with Crippen molar-refractivity contribution in [3.05, 3.63) is 48.0 Å². The lowest BCUT2D eigenvalue weighted by atomic mass is 10.1. The molecule has 0 atom stereocenters. The Balaban J connectivity index is 1.20. The second kappa shape index (κ2) is 11.0. The molecule has 0 saturated carbocycles. The molecule has 34 heavy (non-hydrogen) atoms. The Morgan fingerprint density at radius 2 is 1.76 bits per heavy atom. The van der Waals surface area contributed by atoms with Gasteiger partial charge in [-0.1, -0.05) is 6.07 Å². The van der Waals surface area contributed by atoms with Crippen molar-refractivity contribution in [2.24, 2.45) is 0 Å². The van der Waals surface area contributed by atoms with Crippen molar-refractivity contribution in [2.45, 2.75) is 11.4 Å². The van der Waals surface area contributed by atoms with E-state index < -0.39 is 10.0 Å². The van der Waals surface area contributed by atoms with Gasteiger partial charge in [-0.05, 0) is 42.0 Å². The monoisotopic (exact) mass is 491 g/mol. The minimum atomic E-state index is -3.61. The smallest absolute Gasteiger partial charge is 0.260 e. The van der Waals surface area contributed by atoms with E-state index in [-0.39, 0.29) is 37.4 Å². The van der Waals surface area contributed by atoms with Gasteiger partial charge in [0.2, 0.25) is 16.8 Å². The number of hydrogen-bond acceptors (Lipinski definition) is 8. The summed E-state index contributed by atoms with van der Waals surface area (Å²) in [4.78, 5) is 16.8. The van der Waals surface area contributed by atoms with Crippen LogP contribution in [-0.2, 0) is 26.1 Å². The van der Waals surface area contributed by atoms with Crippen LogP contribution in [0.15, 0.2) is 47.4 Å². The van der Waals surface area contributed by atoms with Gasteiger partial charge in [-0.25, -0.2) is 13.1 Å². The third kappa shape index (κ3) is 6.17. The van der Waals surface area contributed by atoms with Gasteiger partial charge >= 0.3 is 0 Å². The average molecular weight is 492 g/mol. The van der Waals surface area contributed by atoms with E-state index >= 15 is 0 Å². The van der Waals surface area contributed by atoms with Crippen LogP contribution in [0, 0.1) is 0 Å². The van der Waals surface area contributed by atoms with Crippen LogP contribution in [0.3, 0.4) is 0 Å². The highest BCUT2D eigenvalue weighted by molar-refractivity contribution is 7.89. The van der Waals surface area contributed by atoms with Crippen molar-refractivity contribution in [2.75, 3.05) is 59.8 Å². The van der Waals surface area contributed by atoms with Gasteiger partial charge < -0.3 is 23.8 Å². The molecular formula is C23H29N3O7S. The van der Waals surface area contributed by atoms with Crippen LogP contribution in [0.5, 0.6) is 17.2 Å². The number of hydrogen-bond donors (Lipinski definition) is 1. The zero-order valence-electron chi connectivity index (χ0n) is 19.1. The first kappa shape index (κ1) is 24.3. The first-order valence-corrected chi connectivity index (χ1v) is 12.5. The van der Waals surface area contributed by atoms with E-state index in [1.807, 2.05) is 18.2 Å². The Morgan fingerprint density at radius 1 is 1.03 bits per heavy atom. The van der Waals surface area contributed by atoms with Crippen molar-refractivity contribution in [3.8, 4) is 17.2 Å². The molecule has 2 heterocycles. The van der Waals surface area contributed by atoms with Gasteiger partial charge in [-0.15, -0.1) is 0 Å². The van der Waals surface area contributed by atoms with Crippen LogP contribution < -0.4 is 18.9 Å². The third-order valence-electron chi connectivity index (χ3n) is 5.66. The van der Waals surface area contributed by atoms with Crippen molar-refractivity contribution in [1.29, 1.82) is 0 Å². The Hall–Kier alpha value is -2.86. The van der Waals surface area contributed by atoms with E-state index in [1.54, 1.807) is 17.0 Å². The van der Waals surface area contributed by atoms with Gasteiger partial charge in [0.25, 0.3) is 5.91 Å². The summed E-state index contributed by atoms with van der Waals surface area (Å²) in [5.41, 5.74) is 1.15. The van der Waals surface area contributed by atoms with Gasteiger partial charge in [0.15, 0.2) is 18.1 Å². The van der Waals surface area contributed by atoms with Crippen molar-refractivity contribution in [3.63, 3.8) is 0 Å². The molecule has 2 aromatic carbocycles. The molecule has 2 aliphatic rings. The third-order valence-corrected chi connectivity index (χ3v) is 7.14. The molecule has 1 fully saturated rings. The maximum atomic E-state index is 12.6. The van der Waals surface area contributed by atoms with Crippen LogP contribution in [0.1, 0.15) is 5.56 Å². The molecule has 0 bridgehead atoms. The van der Waals surface area contributed by atoms with Crippen molar-refractivity contribution in [1.82, 2.24) is 14.5 Å². The predicted octanol–water partition coefficient (Wildman–Crippen LogP) is 1.06. The number of piperazine rings is 1. The van der Waals surface area contributed by atoms with Gasteiger partial charge in [0.1, 0.15) is 5.75 Å². The molecule has 184 valence electrons. The van der Waals surface area contributed by atoms with Crippen LogP contribution in [0.2, 0.25) is 0 Å². The zero-order chi connectivity index (χ0) is 24.0. The Labute approximate surface area is 199 Å². The normalized spacial score (nSPS) is 16.0. The summed E-state index contributed by atoms with van der Waals surface area (Å²) >= 11 is 0. The summed E-state index contributed by atoms with van der Waals surface area (Å²) in [6, 6.07) is 11.9. The molecule has 0 unspecified atom stereocenters. The number of fused-ring (bicyclic) bond motifs is 1. The maximum Gasteiger partial charge on any atom is 0.260 e. The highest BCUT2D eigenvalue weighted by Crippen LogP contribution is 2.32. The lowest BCUT2D eigenvalue weighted by molar-refractivity contribution is -0.135. The summed E-state index contributed by atoms with van der Waals surface area (Å²) in [7, 11) is -2.10. The quantitative estimate of drug-likeness (QED) is 0.492. The highest BCUT2D eigenvalue weighted by Gasteiger charge is 2.22. The molecule has 0 aliphatic carbocycles. The fourth-order valence-electron chi connectivity index (χ4n) is 3.77. The Morgan fingerprint density at radius 3 is 2.50 bits per heavy atom. The van der Waals surface area contributed by atoms with Crippen molar-refractivity contribution >= 4 is 15.9 Å². The van der Waals surface area contributed by atoms with E-state index in [0.29, 0.717) is 18.8 Å². The number of rotatable bonds is 10. The fraction of sp³-hybridized carbons (Fsp3) is 0.435. The SMILES string of the molecule is COCCNS(=O)(=O)c1ccc(OCC(=O)N2CCN(Cc3ccc4c(c3)OCO4)CC2)cc1. The van der Waals surface area contributed by atoms with E-state index in [2.05, 4.69) is 9.62 Å². The lowest BCUT2D eigenvalue weighted by Crippen LogP contribution is -2.49. The molecule has 10 nitrogen and oxygen atoms in total. The molecule has 1 amide bonds. The Kier molecular flexibility index (Phi) is 7.88. The molecular weight excluding hydrogens is 462 g/mol. The molecule has 2 aliphatic heterocycles. The largest absolute Gasteiger partial charge is 0.484 e. The van der Waals surface area contributed by atoms with Gasteiger partial charge in [-0.2, -0.15) is 0 Å². The number of benzene rings is 2. The van der Waals surface area contributed by atoms with Gasteiger partial charge in [-0.3, -0.25) is 9.69 Å². The molecule has 0 spiro atoms. The van der Waals surface area contributed by atoms with E-state index in [4.69, 9.17) is 18.9 Å². The lowest BCUT2D eigenvalue weighted by Gasteiger charge is -2.34. The number of sulfonamides is 1. The predicted molar refractivity (Wildman–Crippen MR) is 123 cm³/mol. The summed E-state index contributed by atoms with van der Waals surface area (Å²) in [6.45, 7) is 4.20. The molecule has 2 aromatic rings. The van der Waals surface area contributed by atoms with Crippen LogP contribution in [0.4, 0.5) is 0 Å². The first-order chi connectivity index (χ1) is 16.4. The summed E-state index contributed by atoms with van der Waals surface area (Å²) < 4.78 is 48.1. The summed E-state index contributed by atoms with van der Waals surface area (Å²) in [5.74, 6) is 1.89. The number of methoxy groups -OCH3 is 1. The van der Waals surface area contributed by atoms with E-state index in [9.17, 15) is 13.2 Å². The molecule has 0 radical (unpaired) electrons. The van der Waals surface area contributed by atoms with Crippen LogP contribution in [0.25, 0.3) is 0 Å². The average Bonchev–Trinajstić information content (AvgIpc) is 3.31. The number of carbonyl (C=O) groups excluding carboxylic acids is 1. The Bertz CT molecular complexity index is 1080. The molecule has 1 saturated heterocycles. The molecule has 0 aromatic heterocycles. The summed E-state index contributed by atoms with van der Waals surface area (Å²) in [6.07, 6.45) is 0. The number of carbonyl (C=O) groups is 1. The van der Waals surface area contributed by atoms with Crippen LogP contribution in [-0.4, -0.2) is 84.0 Å². The standard InChI is InChI=1S/C23H29N3O7S/c1-30-13-8-24-34(28,29)20-5-3-19(4-6-20)31-16-23(27)26-11-9-25(10-12-26)15-18-2-7-21-22(14-18)33-17-32-21/h2-7,14,24H,8-13,15-17H2,1H3. The van der Waals surface area contributed by atoms with Gasteiger partial charge in [0, 0.05) is 46.4 Å². The second-order valence-electron chi connectivity index (χ2n) is 8.00. The van der Waals surface area contributed by atoms with E-state index in [0.717, 1.165) is 36.7 Å². The minimum Gasteiger partial charge on any atom is -0.484 e. The molecule has 11 heteroatoms. The first-order valence-electron chi connectivity index (χ1n) is 11.0. The maximum absolute atomic E-state index is 12.6. The number of amides is 1. The molecule has 4 rings (SSSR count). The second-order valence-corrected chi connectivity index (χ2v) is 9.76. The number of nitrogens with one attached hydrogen (secondary N) is 1. The summed E-state index contributed by atoms with van der Waals surface area (Å²) in [5, 5.41) is 0. The van der Waals surface area contributed by atoms with E-state index in [1.165, 1.54) is 19.2 Å². The topological polar surface area (TPSA) is 107 Å². The number of nitrogens with zero attached hydrogens (tertiary/aromatic N) is 2. The van der Waals surface area contributed by atoms with Crippen molar-refractivity contribution < 1.29 is 32.2 Å². The zero-order valence-corrected chi connectivity index (χ0v) is 19.9. The minimum absolute atomic E-state index is 0.0966.